The highest BCUT2D eigenvalue weighted by Gasteiger charge is 2.73. The second-order valence-electron chi connectivity index (χ2n) is 4.88. The highest BCUT2D eigenvalue weighted by atomic mass is 79.9. The Balaban J connectivity index is 2.20. The van der Waals surface area contributed by atoms with E-state index >= 15 is 0 Å². The quantitative estimate of drug-likeness (QED) is 0.649. The Morgan fingerprint density at radius 2 is 1.11 bits per heavy atom. The molecule has 1 fully saturated rings. The Morgan fingerprint density at radius 1 is 0.778 bits per heavy atom. The number of hydrogen-bond donors (Lipinski definition) is 0. The maximum atomic E-state index is 3.87. The van der Waals surface area contributed by atoms with E-state index in [0.29, 0.717) is 5.92 Å². The molecule has 92 valence electrons. The zero-order chi connectivity index (χ0) is 12.8. The summed E-state index contributed by atoms with van der Waals surface area (Å²) in [4.78, 5) is 0. The zero-order valence-corrected chi connectivity index (χ0v) is 13.3. The highest BCUT2D eigenvalue weighted by molar-refractivity contribution is 9.25. The van der Waals surface area contributed by atoms with Crippen molar-refractivity contribution < 1.29 is 0 Å². The molecule has 1 unspecified atom stereocenters. The van der Waals surface area contributed by atoms with Gasteiger partial charge in [0.05, 0.1) is 8.65 Å². The summed E-state index contributed by atoms with van der Waals surface area (Å²) < 4.78 is -0.0459. The molecule has 1 aliphatic rings. The normalized spacial score (nSPS) is 23.6. The lowest BCUT2D eigenvalue weighted by Crippen LogP contribution is -2.16. The predicted molar refractivity (Wildman–Crippen MR) is 83.4 cm³/mol. The Labute approximate surface area is 125 Å². The summed E-state index contributed by atoms with van der Waals surface area (Å²) in [5, 5.41) is 0. The minimum Gasteiger partial charge on any atom is -0.0710 e. The van der Waals surface area contributed by atoms with Crippen LogP contribution in [0.25, 0.3) is 0 Å². The van der Waals surface area contributed by atoms with Gasteiger partial charge in [0.25, 0.3) is 0 Å². The molecule has 18 heavy (non-hydrogen) atoms. The summed E-state index contributed by atoms with van der Waals surface area (Å²) in [6.45, 7) is 2.28. The van der Waals surface area contributed by atoms with Crippen LogP contribution in [0.2, 0.25) is 0 Å². The van der Waals surface area contributed by atoms with E-state index in [4.69, 9.17) is 0 Å². The fourth-order valence-corrected chi connectivity index (χ4v) is 5.09. The molecule has 0 amide bonds. The summed E-state index contributed by atoms with van der Waals surface area (Å²) in [6.07, 6.45) is 0. The smallest absolute Gasteiger partial charge is 0.0710 e. The van der Waals surface area contributed by atoms with Gasteiger partial charge in [-0.25, -0.2) is 0 Å². The van der Waals surface area contributed by atoms with Gasteiger partial charge >= 0.3 is 0 Å². The number of halogens is 2. The molecule has 0 aliphatic heterocycles. The molecule has 0 bridgehead atoms. The SMILES string of the molecule is CC1C(Br)(Br)C1(c1ccccc1)c1ccccc1. The van der Waals surface area contributed by atoms with E-state index in [2.05, 4.69) is 99.4 Å². The zero-order valence-electron chi connectivity index (χ0n) is 10.1. The van der Waals surface area contributed by atoms with E-state index in [1.54, 1.807) is 0 Å². The van der Waals surface area contributed by atoms with Crippen LogP contribution in [-0.2, 0) is 5.41 Å². The van der Waals surface area contributed by atoms with Gasteiger partial charge in [-0.1, -0.05) is 99.4 Å². The molecular weight excluding hydrogens is 352 g/mol. The van der Waals surface area contributed by atoms with E-state index in [0.717, 1.165) is 0 Å². The van der Waals surface area contributed by atoms with E-state index in [9.17, 15) is 0 Å². The van der Waals surface area contributed by atoms with Gasteiger partial charge < -0.3 is 0 Å². The van der Waals surface area contributed by atoms with Crippen molar-refractivity contribution in [3.05, 3.63) is 71.8 Å². The summed E-state index contributed by atoms with van der Waals surface area (Å²) in [5.74, 6) is 0.509. The van der Waals surface area contributed by atoms with Crippen LogP contribution in [0.15, 0.2) is 60.7 Å². The topological polar surface area (TPSA) is 0 Å². The third-order valence-electron chi connectivity index (χ3n) is 4.09. The van der Waals surface area contributed by atoms with Crippen molar-refractivity contribution in [2.45, 2.75) is 15.6 Å². The lowest BCUT2D eigenvalue weighted by molar-refractivity contribution is 0.749. The third kappa shape index (κ3) is 1.48. The minimum atomic E-state index is -0.0459. The molecule has 1 saturated carbocycles. The molecule has 0 aromatic heterocycles. The molecule has 1 aliphatic carbocycles. The summed E-state index contributed by atoms with van der Waals surface area (Å²) in [6, 6.07) is 21.5. The van der Waals surface area contributed by atoms with Crippen molar-refractivity contribution in [1.82, 2.24) is 0 Å². The molecule has 0 heterocycles. The van der Waals surface area contributed by atoms with Crippen LogP contribution in [0.1, 0.15) is 18.1 Å². The molecule has 2 heteroatoms. The molecule has 1 atom stereocenters. The molecule has 0 saturated heterocycles. The fourth-order valence-electron chi connectivity index (χ4n) is 3.03. The van der Waals surface area contributed by atoms with Crippen LogP contribution in [0.4, 0.5) is 0 Å². The average molecular weight is 366 g/mol. The van der Waals surface area contributed by atoms with E-state index < -0.39 is 0 Å². The standard InChI is InChI=1S/C16H14Br2/c1-12-15(16(12,17)18,13-8-4-2-5-9-13)14-10-6-3-7-11-14/h2-12H,1H3. The first-order valence-electron chi connectivity index (χ1n) is 6.10. The maximum Gasteiger partial charge on any atom is 0.0983 e. The molecule has 3 rings (SSSR count). The predicted octanol–water partition coefficient (Wildman–Crippen LogP) is 5.11. The molecular formula is C16H14Br2. The van der Waals surface area contributed by atoms with Crippen molar-refractivity contribution in [3.8, 4) is 0 Å². The number of hydrogen-bond acceptors (Lipinski definition) is 0. The van der Waals surface area contributed by atoms with Gasteiger partial charge in [0, 0.05) is 0 Å². The minimum absolute atomic E-state index is 0.0233. The second-order valence-corrected chi connectivity index (χ2v) is 8.45. The van der Waals surface area contributed by atoms with Gasteiger partial charge in [0.1, 0.15) is 0 Å². The van der Waals surface area contributed by atoms with Crippen LogP contribution in [-0.4, -0.2) is 3.23 Å². The monoisotopic (exact) mass is 364 g/mol. The Hall–Kier alpha value is -0.600. The van der Waals surface area contributed by atoms with Crippen LogP contribution in [0.5, 0.6) is 0 Å². The van der Waals surface area contributed by atoms with Crippen LogP contribution < -0.4 is 0 Å². The van der Waals surface area contributed by atoms with Crippen molar-refractivity contribution in [2.75, 3.05) is 0 Å². The molecule has 0 nitrogen and oxygen atoms in total. The van der Waals surface area contributed by atoms with E-state index in [1.165, 1.54) is 11.1 Å². The Bertz CT molecular complexity index is 506. The van der Waals surface area contributed by atoms with Crippen molar-refractivity contribution in [1.29, 1.82) is 0 Å². The Morgan fingerprint density at radius 3 is 1.39 bits per heavy atom. The first-order chi connectivity index (χ1) is 8.62. The summed E-state index contributed by atoms with van der Waals surface area (Å²) in [7, 11) is 0. The van der Waals surface area contributed by atoms with E-state index in [1.807, 2.05) is 0 Å². The van der Waals surface area contributed by atoms with Gasteiger partial charge in [-0.2, -0.15) is 0 Å². The maximum absolute atomic E-state index is 3.87. The van der Waals surface area contributed by atoms with Gasteiger partial charge in [-0.05, 0) is 17.0 Å². The molecule has 0 N–H and O–H groups in total. The van der Waals surface area contributed by atoms with Gasteiger partial charge in [0.2, 0.25) is 0 Å². The lowest BCUT2D eigenvalue weighted by Gasteiger charge is -2.20. The van der Waals surface area contributed by atoms with Crippen LogP contribution in [0, 0.1) is 5.92 Å². The lowest BCUT2D eigenvalue weighted by atomic mass is 9.86. The molecule has 0 radical (unpaired) electrons. The van der Waals surface area contributed by atoms with Crippen LogP contribution >= 0.6 is 31.9 Å². The largest absolute Gasteiger partial charge is 0.0983 e. The highest BCUT2D eigenvalue weighted by Crippen LogP contribution is 2.74. The van der Waals surface area contributed by atoms with Crippen molar-refractivity contribution in [2.24, 2.45) is 5.92 Å². The van der Waals surface area contributed by atoms with Crippen LogP contribution in [0.3, 0.4) is 0 Å². The molecule has 0 spiro atoms. The van der Waals surface area contributed by atoms with Gasteiger partial charge in [-0.3, -0.25) is 0 Å². The average Bonchev–Trinajstić information content (AvgIpc) is 2.86. The first kappa shape index (κ1) is 12.4. The number of benzene rings is 2. The van der Waals surface area contributed by atoms with E-state index in [-0.39, 0.29) is 8.65 Å². The second kappa shape index (κ2) is 4.21. The number of alkyl halides is 2. The molecule has 2 aromatic carbocycles. The van der Waals surface area contributed by atoms with Gasteiger partial charge in [0.15, 0.2) is 0 Å². The summed E-state index contributed by atoms with van der Waals surface area (Å²) >= 11 is 7.73. The molecule has 2 aromatic rings. The fraction of sp³-hybridized carbons (Fsp3) is 0.250. The van der Waals surface area contributed by atoms with Crippen molar-refractivity contribution in [3.63, 3.8) is 0 Å². The third-order valence-corrected chi connectivity index (χ3v) is 6.72. The number of rotatable bonds is 2. The van der Waals surface area contributed by atoms with Crippen molar-refractivity contribution >= 4 is 31.9 Å². The van der Waals surface area contributed by atoms with Gasteiger partial charge in [-0.15, -0.1) is 0 Å². The summed E-state index contributed by atoms with van der Waals surface area (Å²) in [5.41, 5.74) is 2.74. The first-order valence-corrected chi connectivity index (χ1v) is 7.69. The Kier molecular flexibility index (Phi) is 2.91.